The van der Waals surface area contributed by atoms with E-state index >= 15 is 0 Å². The third kappa shape index (κ3) is 4.63. The first-order valence-corrected chi connectivity index (χ1v) is 13.6. The predicted octanol–water partition coefficient (Wildman–Crippen LogP) is 3.79. The zero-order valence-corrected chi connectivity index (χ0v) is 21.3. The van der Waals surface area contributed by atoms with Crippen LogP contribution in [0.3, 0.4) is 0 Å². The standard InChI is InChI=1S/C26H39NO6S/c1-25-11-9-16(28)13-15(25)3-4-17-18-5-6-21(26(18,2)12-10-19(17)25)33-23(30)8-7-22(29)27-20(14-34)24(31)32/h15,17-21,34H,3-14H2,1-2H3,(H,27,29)(H,31,32)/t15-,17-,18+,19-,20-,21+,25-,26-/m0/s1. The highest BCUT2D eigenvalue weighted by molar-refractivity contribution is 7.80. The van der Waals surface area contributed by atoms with E-state index in [1.165, 1.54) is 6.42 Å². The van der Waals surface area contributed by atoms with Crippen LogP contribution < -0.4 is 5.32 Å². The maximum absolute atomic E-state index is 12.6. The van der Waals surface area contributed by atoms with Gasteiger partial charge in [0.05, 0.1) is 6.42 Å². The van der Waals surface area contributed by atoms with E-state index in [1.54, 1.807) is 0 Å². The molecule has 0 unspecified atom stereocenters. The maximum atomic E-state index is 12.6. The highest BCUT2D eigenvalue weighted by Crippen LogP contribution is 2.66. The number of ether oxygens (including phenoxy) is 1. The molecule has 0 radical (unpaired) electrons. The molecule has 2 N–H and O–H groups in total. The van der Waals surface area contributed by atoms with E-state index in [0.29, 0.717) is 29.5 Å². The van der Waals surface area contributed by atoms with Gasteiger partial charge in [-0.25, -0.2) is 4.79 Å². The highest BCUT2D eigenvalue weighted by Gasteiger charge is 2.61. The number of rotatable bonds is 7. The molecule has 190 valence electrons. The molecular weight excluding hydrogens is 454 g/mol. The van der Waals surface area contributed by atoms with Crippen molar-refractivity contribution in [3.05, 3.63) is 0 Å². The number of ketones is 1. The second-order valence-corrected chi connectivity index (χ2v) is 12.0. The number of carboxylic acids is 1. The van der Waals surface area contributed by atoms with Gasteiger partial charge >= 0.3 is 11.9 Å². The summed E-state index contributed by atoms with van der Waals surface area (Å²) in [6, 6.07) is -1.06. The van der Waals surface area contributed by atoms with Crippen molar-refractivity contribution in [2.45, 2.75) is 96.6 Å². The number of carbonyl (C=O) groups excluding carboxylic acids is 3. The topological polar surface area (TPSA) is 110 Å². The fourth-order valence-electron chi connectivity index (χ4n) is 8.08. The summed E-state index contributed by atoms with van der Waals surface area (Å²) < 4.78 is 5.94. The first-order valence-electron chi connectivity index (χ1n) is 12.9. The summed E-state index contributed by atoms with van der Waals surface area (Å²) in [4.78, 5) is 47.8. The fourth-order valence-corrected chi connectivity index (χ4v) is 8.32. The van der Waals surface area contributed by atoms with Crippen LogP contribution in [0.4, 0.5) is 0 Å². The van der Waals surface area contributed by atoms with E-state index in [0.717, 1.165) is 51.4 Å². The van der Waals surface area contributed by atoms with E-state index < -0.39 is 17.9 Å². The van der Waals surface area contributed by atoms with E-state index in [1.807, 2.05) is 0 Å². The van der Waals surface area contributed by atoms with E-state index in [2.05, 4.69) is 31.8 Å². The third-order valence-corrected chi connectivity index (χ3v) is 10.4. The molecule has 34 heavy (non-hydrogen) atoms. The smallest absolute Gasteiger partial charge is 0.327 e. The number of aliphatic carboxylic acids is 1. The highest BCUT2D eigenvalue weighted by atomic mass is 32.1. The lowest BCUT2D eigenvalue weighted by Crippen LogP contribution is -2.54. The van der Waals surface area contributed by atoms with Crippen LogP contribution in [0.5, 0.6) is 0 Å². The van der Waals surface area contributed by atoms with Crippen molar-refractivity contribution in [1.82, 2.24) is 5.32 Å². The van der Waals surface area contributed by atoms with Crippen molar-refractivity contribution in [2.24, 2.45) is 34.5 Å². The van der Waals surface area contributed by atoms with Crippen LogP contribution in [0.2, 0.25) is 0 Å². The number of fused-ring (bicyclic) bond motifs is 5. The molecule has 0 heterocycles. The van der Waals surface area contributed by atoms with Gasteiger partial charge in [-0.3, -0.25) is 14.4 Å². The molecule has 4 saturated carbocycles. The normalized spacial score (nSPS) is 39.9. The minimum absolute atomic E-state index is 0.00834. The number of esters is 1. The summed E-state index contributed by atoms with van der Waals surface area (Å²) in [6.07, 6.45) is 8.66. The quantitative estimate of drug-likeness (QED) is 0.368. The van der Waals surface area contributed by atoms with Gasteiger partial charge in [-0.2, -0.15) is 12.6 Å². The number of carboxylic acid groups (broad SMARTS) is 1. The number of nitrogens with one attached hydrogen (secondary N) is 1. The summed E-state index contributed by atoms with van der Waals surface area (Å²) >= 11 is 3.93. The minimum Gasteiger partial charge on any atom is -0.480 e. The Hall–Kier alpha value is -1.57. The lowest BCUT2D eigenvalue weighted by molar-refractivity contribution is -0.164. The Balaban J connectivity index is 1.34. The van der Waals surface area contributed by atoms with Gasteiger partial charge in [0.1, 0.15) is 17.9 Å². The summed E-state index contributed by atoms with van der Waals surface area (Å²) in [5.74, 6) is 0.779. The second-order valence-electron chi connectivity index (χ2n) is 11.6. The van der Waals surface area contributed by atoms with Gasteiger partial charge in [0.15, 0.2) is 0 Å². The summed E-state index contributed by atoms with van der Waals surface area (Å²) in [5.41, 5.74) is 0.230. The van der Waals surface area contributed by atoms with Crippen LogP contribution in [0, 0.1) is 34.5 Å². The Bertz CT molecular complexity index is 847. The SMILES string of the molecule is C[C@]12CC[C@H]3[C@@H](CC[C@H]4CC(=O)CC[C@@]43C)[C@H]1CC[C@H]2OC(=O)CCC(=O)N[C@@H](CS)C(=O)O. The summed E-state index contributed by atoms with van der Waals surface area (Å²) in [6.45, 7) is 4.72. The van der Waals surface area contributed by atoms with Crippen LogP contribution >= 0.6 is 12.6 Å². The van der Waals surface area contributed by atoms with Gasteiger partial charge in [-0.05, 0) is 74.0 Å². The molecule has 0 aromatic rings. The number of thiol groups is 1. The third-order valence-electron chi connectivity index (χ3n) is 10.0. The lowest BCUT2D eigenvalue weighted by atomic mass is 9.45. The number of Topliss-reactive ketones (excluding diaryl/α,β-unsaturated/α-hetero) is 1. The molecule has 0 aromatic heterocycles. The molecule has 0 aliphatic heterocycles. The maximum Gasteiger partial charge on any atom is 0.327 e. The molecule has 7 nitrogen and oxygen atoms in total. The van der Waals surface area contributed by atoms with E-state index in [9.17, 15) is 19.2 Å². The van der Waals surface area contributed by atoms with Crippen molar-refractivity contribution in [2.75, 3.05) is 5.75 Å². The van der Waals surface area contributed by atoms with Gasteiger partial charge in [0.2, 0.25) is 5.91 Å². The average Bonchev–Trinajstić information content (AvgIpc) is 3.12. The van der Waals surface area contributed by atoms with E-state index in [-0.39, 0.29) is 41.5 Å². The first-order chi connectivity index (χ1) is 16.1. The monoisotopic (exact) mass is 493 g/mol. The zero-order valence-electron chi connectivity index (χ0n) is 20.4. The lowest BCUT2D eigenvalue weighted by Gasteiger charge is -2.60. The van der Waals surface area contributed by atoms with Crippen molar-refractivity contribution >= 4 is 36.3 Å². The molecular formula is C26H39NO6S. The van der Waals surface area contributed by atoms with E-state index in [4.69, 9.17) is 9.84 Å². The molecule has 4 aliphatic carbocycles. The van der Waals surface area contributed by atoms with Crippen LogP contribution in [-0.4, -0.2) is 46.6 Å². The molecule has 0 bridgehead atoms. The van der Waals surface area contributed by atoms with Crippen molar-refractivity contribution in [3.63, 3.8) is 0 Å². The first kappa shape index (κ1) is 25.5. The molecule has 4 fully saturated rings. The summed E-state index contributed by atoms with van der Waals surface area (Å²) in [7, 11) is 0. The molecule has 4 aliphatic rings. The molecule has 8 heteroatoms. The Morgan fingerprint density at radius 2 is 1.79 bits per heavy atom. The Labute approximate surface area is 207 Å². The minimum atomic E-state index is -1.14. The molecule has 0 aromatic carbocycles. The summed E-state index contributed by atoms with van der Waals surface area (Å²) in [5, 5.41) is 11.4. The van der Waals surface area contributed by atoms with Gasteiger partial charge in [0.25, 0.3) is 0 Å². The number of carbonyl (C=O) groups is 4. The molecule has 0 saturated heterocycles. The Morgan fingerprint density at radius 1 is 1.06 bits per heavy atom. The number of hydrogen-bond acceptors (Lipinski definition) is 6. The van der Waals surface area contributed by atoms with Gasteiger partial charge in [-0.1, -0.05) is 13.8 Å². The Kier molecular flexibility index (Phi) is 7.37. The fraction of sp³-hybridized carbons (Fsp3) is 0.846. The second kappa shape index (κ2) is 9.82. The van der Waals surface area contributed by atoms with Crippen LogP contribution in [-0.2, 0) is 23.9 Å². The number of hydrogen-bond donors (Lipinski definition) is 3. The average molecular weight is 494 g/mol. The van der Waals surface area contributed by atoms with Crippen molar-refractivity contribution < 1.29 is 29.0 Å². The van der Waals surface area contributed by atoms with Gasteiger partial charge < -0.3 is 15.2 Å². The molecule has 1 amide bonds. The van der Waals surface area contributed by atoms with Crippen molar-refractivity contribution in [1.29, 1.82) is 0 Å². The van der Waals surface area contributed by atoms with Crippen molar-refractivity contribution in [3.8, 4) is 0 Å². The molecule has 8 atom stereocenters. The Morgan fingerprint density at radius 3 is 2.50 bits per heavy atom. The largest absolute Gasteiger partial charge is 0.480 e. The van der Waals surface area contributed by atoms with Gasteiger partial charge in [0, 0.05) is 30.4 Å². The van der Waals surface area contributed by atoms with Crippen LogP contribution in [0.25, 0.3) is 0 Å². The predicted molar refractivity (Wildman–Crippen MR) is 129 cm³/mol. The van der Waals surface area contributed by atoms with Gasteiger partial charge in [-0.15, -0.1) is 0 Å². The number of amides is 1. The molecule has 4 rings (SSSR count). The zero-order chi connectivity index (χ0) is 24.7. The van der Waals surface area contributed by atoms with Crippen LogP contribution in [0.15, 0.2) is 0 Å². The molecule has 0 spiro atoms. The van der Waals surface area contributed by atoms with Crippen LogP contribution in [0.1, 0.15) is 84.5 Å².